The van der Waals surface area contributed by atoms with Gasteiger partial charge in [-0.3, -0.25) is 4.79 Å². The van der Waals surface area contributed by atoms with E-state index in [0.717, 1.165) is 36.3 Å². The molecule has 0 aliphatic rings. The lowest BCUT2D eigenvalue weighted by atomic mass is 9.87. The van der Waals surface area contributed by atoms with E-state index in [9.17, 15) is 10.1 Å². The standard InChI is InChI=1S/C30H37N9O/c1-20-12-13-23(36-28(40)21(2)10-8-11-22(3)30(4,5)18-31)16-24(20)37-27-26-25(34-19-35-27)17-33-29(38-26)39(7)15-9-14-32-6/h8,10-13,16-17,19,32H,2,9,14-15H2,1,3-7H3,(H,36,40)(H,34,35,37)/b10-8-,22-11+. The van der Waals surface area contributed by atoms with Gasteiger partial charge in [0, 0.05) is 30.5 Å². The topological polar surface area (TPSA) is 132 Å². The Morgan fingerprint density at radius 1 is 1.25 bits per heavy atom. The van der Waals surface area contributed by atoms with Gasteiger partial charge in [-0.25, -0.2) is 19.9 Å². The predicted octanol–water partition coefficient (Wildman–Crippen LogP) is 5.06. The molecule has 3 aromatic rings. The number of allylic oxidation sites excluding steroid dienone is 3. The zero-order valence-electron chi connectivity index (χ0n) is 24.0. The highest BCUT2D eigenvalue weighted by Gasteiger charge is 2.18. The van der Waals surface area contributed by atoms with Crippen LogP contribution in [0.4, 0.5) is 23.1 Å². The molecule has 3 N–H and O–H groups in total. The highest BCUT2D eigenvalue weighted by Crippen LogP contribution is 2.27. The summed E-state index contributed by atoms with van der Waals surface area (Å²) in [6, 6.07) is 7.83. The van der Waals surface area contributed by atoms with E-state index in [1.165, 1.54) is 6.33 Å². The van der Waals surface area contributed by atoms with E-state index >= 15 is 0 Å². The number of amides is 1. The first kappa shape index (κ1) is 29.9. The number of nitrogens with zero attached hydrogens (tertiary/aromatic N) is 6. The van der Waals surface area contributed by atoms with E-state index in [1.54, 1.807) is 18.3 Å². The molecule has 0 atom stereocenters. The average molecular weight is 540 g/mol. The summed E-state index contributed by atoms with van der Waals surface area (Å²) in [5.41, 5.74) is 4.15. The van der Waals surface area contributed by atoms with Gasteiger partial charge in [-0.15, -0.1) is 0 Å². The van der Waals surface area contributed by atoms with Gasteiger partial charge in [-0.05, 0) is 65.4 Å². The summed E-state index contributed by atoms with van der Waals surface area (Å²) in [6.07, 6.45) is 9.29. The van der Waals surface area contributed by atoms with Crippen LogP contribution in [-0.2, 0) is 4.79 Å². The van der Waals surface area contributed by atoms with Crippen LogP contribution in [0.3, 0.4) is 0 Å². The Kier molecular flexibility index (Phi) is 10.1. The number of rotatable bonds is 12. The van der Waals surface area contributed by atoms with Crippen LogP contribution in [0.2, 0.25) is 0 Å². The van der Waals surface area contributed by atoms with E-state index in [0.29, 0.717) is 34.1 Å². The molecule has 40 heavy (non-hydrogen) atoms. The molecule has 2 heterocycles. The van der Waals surface area contributed by atoms with Crippen molar-refractivity contribution < 1.29 is 4.79 Å². The van der Waals surface area contributed by atoms with Crippen LogP contribution in [0.15, 0.2) is 66.7 Å². The molecule has 2 aromatic heterocycles. The van der Waals surface area contributed by atoms with Crippen LogP contribution < -0.4 is 20.9 Å². The van der Waals surface area contributed by atoms with Crippen molar-refractivity contribution in [3.8, 4) is 6.07 Å². The lowest BCUT2D eigenvalue weighted by Gasteiger charge is -2.17. The minimum Gasteiger partial charge on any atom is -0.344 e. The van der Waals surface area contributed by atoms with Crippen molar-refractivity contribution in [2.75, 3.05) is 42.7 Å². The molecule has 0 spiro atoms. The quantitative estimate of drug-likeness (QED) is 0.164. The molecule has 10 heteroatoms. The molecule has 3 rings (SSSR count). The Bertz CT molecular complexity index is 1480. The molecule has 1 aromatic carbocycles. The minimum atomic E-state index is -0.579. The van der Waals surface area contributed by atoms with Gasteiger partial charge in [0.15, 0.2) is 5.82 Å². The number of aromatic nitrogens is 4. The molecule has 0 bridgehead atoms. The third-order valence-corrected chi connectivity index (χ3v) is 6.58. The van der Waals surface area contributed by atoms with Crippen LogP contribution in [0.25, 0.3) is 11.0 Å². The number of nitriles is 1. The molecule has 1 amide bonds. The van der Waals surface area contributed by atoms with Crippen molar-refractivity contribution in [3.63, 3.8) is 0 Å². The van der Waals surface area contributed by atoms with Gasteiger partial charge in [0.25, 0.3) is 5.91 Å². The molecule has 0 aliphatic carbocycles. The van der Waals surface area contributed by atoms with Crippen LogP contribution in [-0.4, -0.2) is 53.0 Å². The van der Waals surface area contributed by atoms with Gasteiger partial charge < -0.3 is 20.9 Å². The largest absolute Gasteiger partial charge is 0.344 e. The zero-order valence-corrected chi connectivity index (χ0v) is 24.0. The van der Waals surface area contributed by atoms with Crippen molar-refractivity contribution >= 4 is 40.1 Å². The van der Waals surface area contributed by atoms with Crippen LogP contribution in [0, 0.1) is 23.7 Å². The lowest BCUT2D eigenvalue weighted by Crippen LogP contribution is -2.24. The second-order valence-electron chi connectivity index (χ2n) is 10.1. The van der Waals surface area contributed by atoms with E-state index in [-0.39, 0.29) is 5.91 Å². The molecule has 0 saturated carbocycles. The maximum atomic E-state index is 12.8. The fraction of sp³-hybridized carbons (Fsp3) is 0.333. The van der Waals surface area contributed by atoms with Gasteiger partial charge >= 0.3 is 0 Å². The van der Waals surface area contributed by atoms with Crippen molar-refractivity contribution in [1.82, 2.24) is 25.3 Å². The number of carbonyl (C=O) groups excluding carboxylic acids is 1. The normalized spacial score (nSPS) is 11.9. The first-order chi connectivity index (χ1) is 19.1. The Morgan fingerprint density at radius 3 is 2.75 bits per heavy atom. The monoisotopic (exact) mass is 539 g/mol. The fourth-order valence-electron chi connectivity index (χ4n) is 3.57. The van der Waals surface area contributed by atoms with Crippen molar-refractivity contribution in [2.24, 2.45) is 5.41 Å². The molecule has 0 aliphatic heterocycles. The average Bonchev–Trinajstić information content (AvgIpc) is 2.94. The van der Waals surface area contributed by atoms with Crippen molar-refractivity contribution in [1.29, 1.82) is 5.26 Å². The molecular weight excluding hydrogens is 502 g/mol. The number of aryl methyl sites for hydroxylation is 1. The summed E-state index contributed by atoms with van der Waals surface area (Å²) >= 11 is 0. The number of fused-ring (bicyclic) bond motifs is 1. The molecule has 0 saturated heterocycles. The predicted molar refractivity (Wildman–Crippen MR) is 161 cm³/mol. The van der Waals surface area contributed by atoms with Gasteiger partial charge in [0.2, 0.25) is 5.95 Å². The van der Waals surface area contributed by atoms with Gasteiger partial charge in [0.05, 0.1) is 17.7 Å². The second kappa shape index (κ2) is 13.4. The van der Waals surface area contributed by atoms with Gasteiger partial charge in [-0.2, -0.15) is 5.26 Å². The first-order valence-electron chi connectivity index (χ1n) is 13.0. The molecule has 10 nitrogen and oxygen atoms in total. The Labute approximate surface area is 236 Å². The second-order valence-corrected chi connectivity index (χ2v) is 10.1. The fourth-order valence-corrected chi connectivity index (χ4v) is 3.57. The van der Waals surface area contributed by atoms with Crippen LogP contribution in [0.1, 0.15) is 32.8 Å². The van der Waals surface area contributed by atoms with E-state index < -0.39 is 5.41 Å². The maximum absolute atomic E-state index is 12.8. The Hall–Kier alpha value is -4.62. The third-order valence-electron chi connectivity index (χ3n) is 6.58. The SMILES string of the molecule is C=C(/C=C\C=C(/C)C(C)(C)C#N)C(=O)Nc1ccc(C)c(Nc2ncnc3cnc(N(C)CCCNC)nc23)c1. The van der Waals surface area contributed by atoms with E-state index in [1.807, 2.05) is 71.0 Å². The summed E-state index contributed by atoms with van der Waals surface area (Å²) in [7, 11) is 3.88. The lowest BCUT2D eigenvalue weighted by molar-refractivity contribution is -0.112. The van der Waals surface area contributed by atoms with E-state index in [4.69, 9.17) is 4.98 Å². The summed E-state index contributed by atoms with van der Waals surface area (Å²) in [5.74, 6) is 0.799. The molecular formula is C30H37N9O. The van der Waals surface area contributed by atoms with Gasteiger partial charge in [-0.1, -0.05) is 36.4 Å². The van der Waals surface area contributed by atoms with Crippen molar-refractivity contribution in [2.45, 2.75) is 34.1 Å². The molecule has 208 valence electrons. The number of hydrogen-bond acceptors (Lipinski definition) is 9. The minimum absolute atomic E-state index is 0.291. The molecule has 0 unspecified atom stereocenters. The smallest absolute Gasteiger partial charge is 0.255 e. The number of hydrogen-bond donors (Lipinski definition) is 3. The van der Waals surface area contributed by atoms with E-state index in [2.05, 4.69) is 43.6 Å². The number of anilines is 4. The Balaban J connectivity index is 1.77. The van der Waals surface area contributed by atoms with Gasteiger partial charge in [0.1, 0.15) is 17.4 Å². The Morgan fingerprint density at radius 2 is 2.02 bits per heavy atom. The van der Waals surface area contributed by atoms with Crippen LogP contribution >= 0.6 is 0 Å². The highest BCUT2D eigenvalue weighted by atomic mass is 16.1. The number of carbonyl (C=O) groups is 1. The zero-order chi connectivity index (χ0) is 29.3. The third kappa shape index (κ3) is 7.71. The highest BCUT2D eigenvalue weighted by molar-refractivity contribution is 6.05. The number of benzene rings is 1. The summed E-state index contributed by atoms with van der Waals surface area (Å²) < 4.78 is 0. The molecule has 0 radical (unpaired) electrons. The first-order valence-corrected chi connectivity index (χ1v) is 13.0. The molecule has 0 fully saturated rings. The van der Waals surface area contributed by atoms with Crippen LogP contribution in [0.5, 0.6) is 0 Å². The summed E-state index contributed by atoms with van der Waals surface area (Å²) in [4.78, 5) is 32.7. The van der Waals surface area contributed by atoms with Crippen molar-refractivity contribution in [3.05, 3.63) is 72.2 Å². The summed E-state index contributed by atoms with van der Waals surface area (Å²) in [5, 5.41) is 18.6. The summed E-state index contributed by atoms with van der Waals surface area (Å²) in [6.45, 7) is 13.1. The number of nitrogens with one attached hydrogen (secondary N) is 3. The maximum Gasteiger partial charge on any atom is 0.255 e.